The Morgan fingerprint density at radius 3 is 2.58 bits per heavy atom. The van der Waals surface area contributed by atoms with Gasteiger partial charge >= 0.3 is 0 Å². The molecule has 0 spiro atoms. The van der Waals surface area contributed by atoms with Crippen LogP contribution in [0.1, 0.15) is 19.8 Å². The van der Waals surface area contributed by atoms with Crippen LogP contribution in [-0.4, -0.2) is 18.1 Å². The summed E-state index contributed by atoms with van der Waals surface area (Å²) in [6, 6.07) is 6.53. The highest BCUT2D eigenvalue weighted by molar-refractivity contribution is 7.14. The molecule has 1 aromatic heterocycles. The van der Waals surface area contributed by atoms with Crippen molar-refractivity contribution in [2.45, 2.75) is 19.8 Å². The fourth-order valence-electron chi connectivity index (χ4n) is 2.36. The molecule has 1 aliphatic heterocycles. The summed E-state index contributed by atoms with van der Waals surface area (Å²) in [5, 5.41) is 3.15. The smallest absolute Gasteiger partial charge is 0.185 e. The molecule has 0 aliphatic carbocycles. The van der Waals surface area contributed by atoms with Crippen LogP contribution < -0.4 is 4.90 Å². The largest absolute Gasteiger partial charge is 0.348 e. The van der Waals surface area contributed by atoms with Crippen molar-refractivity contribution in [2.24, 2.45) is 5.92 Å². The van der Waals surface area contributed by atoms with Crippen molar-refractivity contribution in [3.05, 3.63) is 35.5 Å². The zero-order valence-corrected chi connectivity index (χ0v) is 11.8. The van der Waals surface area contributed by atoms with E-state index in [0.717, 1.165) is 35.4 Å². The van der Waals surface area contributed by atoms with Crippen LogP contribution in [0.3, 0.4) is 0 Å². The molecule has 0 amide bonds. The van der Waals surface area contributed by atoms with E-state index in [1.807, 2.05) is 0 Å². The SMILES string of the molecule is CC1CCN(c2nc(-c3ccc(F)cc3)cs2)CC1. The lowest BCUT2D eigenvalue weighted by atomic mass is 10.00. The maximum Gasteiger partial charge on any atom is 0.185 e. The number of nitrogens with zero attached hydrogens (tertiary/aromatic N) is 2. The van der Waals surface area contributed by atoms with Crippen molar-refractivity contribution in [1.29, 1.82) is 0 Å². The number of hydrogen-bond acceptors (Lipinski definition) is 3. The molecule has 0 radical (unpaired) electrons. The van der Waals surface area contributed by atoms with Gasteiger partial charge in [0.2, 0.25) is 0 Å². The van der Waals surface area contributed by atoms with Gasteiger partial charge in [0.15, 0.2) is 5.13 Å². The van der Waals surface area contributed by atoms with Gasteiger partial charge in [-0.3, -0.25) is 0 Å². The summed E-state index contributed by atoms with van der Waals surface area (Å²) >= 11 is 1.68. The molecule has 3 rings (SSSR count). The Morgan fingerprint density at radius 2 is 1.89 bits per heavy atom. The van der Waals surface area contributed by atoms with Crippen LogP contribution in [0.5, 0.6) is 0 Å². The zero-order chi connectivity index (χ0) is 13.2. The molecule has 19 heavy (non-hydrogen) atoms. The Hall–Kier alpha value is -1.42. The molecule has 1 saturated heterocycles. The van der Waals surface area contributed by atoms with Gasteiger partial charge in [-0.1, -0.05) is 6.92 Å². The van der Waals surface area contributed by atoms with E-state index in [1.165, 1.54) is 25.0 Å². The molecule has 0 bridgehead atoms. The number of aromatic nitrogens is 1. The van der Waals surface area contributed by atoms with Gasteiger partial charge in [-0.15, -0.1) is 11.3 Å². The molecule has 4 heteroatoms. The number of piperidine rings is 1. The predicted octanol–water partition coefficient (Wildman–Crippen LogP) is 4.19. The quantitative estimate of drug-likeness (QED) is 0.817. The molecule has 1 fully saturated rings. The molecule has 0 saturated carbocycles. The van der Waals surface area contributed by atoms with E-state index in [2.05, 4.69) is 22.2 Å². The minimum atomic E-state index is -0.204. The Labute approximate surface area is 116 Å². The first-order valence-corrected chi connectivity index (χ1v) is 7.57. The second-order valence-electron chi connectivity index (χ2n) is 5.19. The summed E-state index contributed by atoms with van der Waals surface area (Å²) in [5.41, 5.74) is 1.92. The lowest BCUT2D eigenvalue weighted by Crippen LogP contribution is -2.32. The van der Waals surface area contributed by atoms with Gasteiger partial charge in [0, 0.05) is 24.0 Å². The first kappa shape index (κ1) is 12.6. The van der Waals surface area contributed by atoms with Crippen molar-refractivity contribution in [3.8, 4) is 11.3 Å². The van der Waals surface area contributed by atoms with Crippen molar-refractivity contribution < 1.29 is 4.39 Å². The normalized spacial score (nSPS) is 16.8. The van der Waals surface area contributed by atoms with Crippen LogP contribution in [0, 0.1) is 11.7 Å². The van der Waals surface area contributed by atoms with Gasteiger partial charge in [0.1, 0.15) is 5.82 Å². The van der Waals surface area contributed by atoms with Crippen LogP contribution >= 0.6 is 11.3 Å². The molecular formula is C15H17FN2S. The van der Waals surface area contributed by atoms with Gasteiger partial charge in [-0.2, -0.15) is 0 Å². The van der Waals surface area contributed by atoms with Crippen molar-refractivity contribution in [2.75, 3.05) is 18.0 Å². The minimum Gasteiger partial charge on any atom is -0.348 e. The third-order valence-corrected chi connectivity index (χ3v) is 4.59. The average Bonchev–Trinajstić information content (AvgIpc) is 2.90. The third-order valence-electron chi connectivity index (χ3n) is 3.69. The Bertz CT molecular complexity index is 542. The second kappa shape index (κ2) is 5.29. The molecule has 100 valence electrons. The number of hydrogen-bond donors (Lipinski definition) is 0. The fraction of sp³-hybridized carbons (Fsp3) is 0.400. The van der Waals surface area contributed by atoms with Crippen LogP contribution in [0.2, 0.25) is 0 Å². The fourth-order valence-corrected chi connectivity index (χ4v) is 3.25. The van der Waals surface area contributed by atoms with E-state index in [1.54, 1.807) is 23.5 Å². The molecule has 2 aromatic rings. The Balaban J connectivity index is 1.77. The second-order valence-corrected chi connectivity index (χ2v) is 6.03. The van der Waals surface area contributed by atoms with E-state index in [-0.39, 0.29) is 5.82 Å². The molecule has 2 nitrogen and oxygen atoms in total. The third kappa shape index (κ3) is 2.78. The predicted molar refractivity (Wildman–Crippen MR) is 78.1 cm³/mol. The number of thiazole rings is 1. The summed E-state index contributed by atoms with van der Waals surface area (Å²) in [7, 11) is 0. The van der Waals surface area contributed by atoms with E-state index in [4.69, 9.17) is 0 Å². The van der Waals surface area contributed by atoms with Gasteiger partial charge in [0.05, 0.1) is 5.69 Å². The maximum absolute atomic E-state index is 12.9. The molecule has 0 N–H and O–H groups in total. The van der Waals surface area contributed by atoms with Crippen LogP contribution in [0.25, 0.3) is 11.3 Å². The maximum atomic E-state index is 12.9. The van der Waals surface area contributed by atoms with E-state index in [0.29, 0.717) is 0 Å². The summed E-state index contributed by atoms with van der Waals surface area (Å²) in [4.78, 5) is 7.04. The summed E-state index contributed by atoms with van der Waals surface area (Å²) < 4.78 is 12.9. The Morgan fingerprint density at radius 1 is 1.21 bits per heavy atom. The molecular weight excluding hydrogens is 259 g/mol. The van der Waals surface area contributed by atoms with Crippen LogP contribution in [-0.2, 0) is 0 Å². The molecule has 0 unspecified atom stereocenters. The molecule has 2 heterocycles. The van der Waals surface area contributed by atoms with Crippen LogP contribution in [0.15, 0.2) is 29.6 Å². The number of rotatable bonds is 2. The van der Waals surface area contributed by atoms with Gasteiger partial charge in [0.25, 0.3) is 0 Å². The highest BCUT2D eigenvalue weighted by atomic mass is 32.1. The first-order chi connectivity index (χ1) is 9.22. The van der Waals surface area contributed by atoms with E-state index < -0.39 is 0 Å². The van der Waals surface area contributed by atoms with E-state index in [9.17, 15) is 4.39 Å². The summed E-state index contributed by atoms with van der Waals surface area (Å²) in [5.74, 6) is 0.622. The Kier molecular flexibility index (Phi) is 3.51. The lowest BCUT2D eigenvalue weighted by molar-refractivity contribution is 0.438. The summed E-state index contributed by atoms with van der Waals surface area (Å²) in [6.07, 6.45) is 2.48. The van der Waals surface area contributed by atoms with Gasteiger partial charge in [-0.05, 0) is 43.0 Å². The number of anilines is 1. The van der Waals surface area contributed by atoms with Crippen molar-refractivity contribution in [1.82, 2.24) is 4.98 Å². The number of halogens is 1. The summed E-state index contributed by atoms with van der Waals surface area (Å²) in [6.45, 7) is 4.50. The van der Waals surface area contributed by atoms with Crippen molar-refractivity contribution in [3.63, 3.8) is 0 Å². The molecule has 1 aliphatic rings. The molecule has 1 aromatic carbocycles. The highest BCUT2D eigenvalue weighted by Gasteiger charge is 2.18. The average molecular weight is 276 g/mol. The molecule has 0 atom stereocenters. The van der Waals surface area contributed by atoms with Crippen molar-refractivity contribution >= 4 is 16.5 Å². The minimum absolute atomic E-state index is 0.204. The topological polar surface area (TPSA) is 16.1 Å². The standard InChI is InChI=1S/C15H17FN2S/c1-11-6-8-18(9-7-11)15-17-14(10-19-15)12-2-4-13(16)5-3-12/h2-5,10-11H,6-9H2,1H3. The first-order valence-electron chi connectivity index (χ1n) is 6.69. The lowest BCUT2D eigenvalue weighted by Gasteiger charge is -2.29. The van der Waals surface area contributed by atoms with Gasteiger partial charge < -0.3 is 4.90 Å². The van der Waals surface area contributed by atoms with Gasteiger partial charge in [-0.25, -0.2) is 9.37 Å². The highest BCUT2D eigenvalue weighted by Crippen LogP contribution is 2.30. The van der Waals surface area contributed by atoms with Crippen LogP contribution in [0.4, 0.5) is 9.52 Å². The zero-order valence-electron chi connectivity index (χ0n) is 11.0. The monoisotopic (exact) mass is 276 g/mol. The van der Waals surface area contributed by atoms with E-state index >= 15 is 0 Å². The number of benzene rings is 1.